The number of hydrogen-bond donors (Lipinski definition) is 1. The van der Waals surface area contributed by atoms with Gasteiger partial charge >= 0.3 is 0 Å². The molecule has 2 amide bonds. The van der Waals surface area contributed by atoms with Gasteiger partial charge in [0.2, 0.25) is 5.91 Å². The van der Waals surface area contributed by atoms with Crippen LogP contribution in [-0.4, -0.2) is 38.1 Å². The number of halogens is 1. The standard InChI is InChI=1S/C26H35FN4O2/c1-25(2,3)22-15-21-23(32)30(16-18-11-9-10-14-20(18)27)26(4,17-31(21)29-22)24(33)28-19-12-7-5-6-8-13-19/h9-11,14-15,19H,5-8,12-13,16-17H2,1-4H3,(H,28,33)/t26-/m0/s1. The number of benzene rings is 1. The lowest BCUT2D eigenvalue weighted by Gasteiger charge is -2.44. The smallest absolute Gasteiger partial charge is 0.273 e. The molecule has 1 aromatic carbocycles. The van der Waals surface area contributed by atoms with Crippen LogP contribution < -0.4 is 5.32 Å². The molecule has 0 unspecified atom stereocenters. The highest BCUT2D eigenvalue weighted by Gasteiger charge is 2.48. The molecule has 7 heteroatoms. The average Bonchev–Trinajstić information content (AvgIpc) is 3.02. The van der Waals surface area contributed by atoms with Crippen LogP contribution in [0.15, 0.2) is 30.3 Å². The number of nitrogens with zero attached hydrogens (tertiary/aromatic N) is 3. The van der Waals surface area contributed by atoms with Gasteiger partial charge in [0.05, 0.1) is 18.8 Å². The lowest BCUT2D eigenvalue weighted by molar-refractivity contribution is -0.134. The molecule has 1 aliphatic carbocycles. The maximum absolute atomic E-state index is 14.5. The number of carbonyl (C=O) groups excluding carboxylic acids is 2. The lowest BCUT2D eigenvalue weighted by Crippen LogP contribution is -2.64. The van der Waals surface area contributed by atoms with Gasteiger partial charge < -0.3 is 10.2 Å². The number of fused-ring (bicyclic) bond motifs is 1. The van der Waals surface area contributed by atoms with Crippen molar-refractivity contribution in [3.8, 4) is 0 Å². The second-order valence-electron chi connectivity index (χ2n) is 10.7. The number of hydrogen-bond acceptors (Lipinski definition) is 3. The Labute approximate surface area is 195 Å². The van der Waals surface area contributed by atoms with Crippen molar-refractivity contribution in [1.82, 2.24) is 20.0 Å². The van der Waals surface area contributed by atoms with Crippen LogP contribution >= 0.6 is 0 Å². The first-order chi connectivity index (χ1) is 15.6. The van der Waals surface area contributed by atoms with Crippen molar-refractivity contribution in [1.29, 1.82) is 0 Å². The van der Waals surface area contributed by atoms with Crippen LogP contribution in [0.1, 0.15) is 88.0 Å². The Bertz CT molecular complexity index is 1030. The Morgan fingerprint density at radius 1 is 1.18 bits per heavy atom. The van der Waals surface area contributed by atoms with Gasteiger partial charge in [0.25, 0.3) is 5.91 Å². The maximum atomic E-state index is 14.5. The van der Waals surface area contributed by atoms with Crippen LogP contribution in [0, 0.1) is 5.82 Å². The van der Waals surface area contributed by atoms with E-state index < -0.39 is 5.54 Å². The van der Waals surface area contributed by atoms with Crippen molar-refractivity contribution in [3.05, 3.63) is 53.1 Å². The first-order valence-electron chi connectivity index (χ1n) is 12.0. The third-order valence-corrected chi connectivity index (χ3v) is 7.03. The summed E-state index contributed by atoms with van der Waals surface area (Å²) in [6.45, 7) is 8.16. The summed E-state index contributed by atoms with van der Waals surface area (Å²) < 4.78 is 16.2. The zero-order valence-electron chi connectivity index (χ0n) is 20.2. The first kappa shape index (κ1) is 23.5. The van der Waals surface area contributed by atoms with Crippen LogP contribution in [0.3, 0.4) is 0 Å². The Morgan fingerprint density at radius 2 is 1.85 bits per heavy atom. The minimum Gasteiger partial charge on any atom is -0.351 e. The molecule has 1 N–H and O–H groups in total. The summed E-state index contributed by atoms with van der Waals surface area (Å²) in [6.07, 6.45) is 6.46. The van der Waals surface area contributed by atoms with Crippen LogP contribution in [0.4, 0.5) is 4.39 Å². The molecule has 0 bridgehead atoms. The summed E-state index contributed by atoms with van der Waals surface area (Å²) in [5.41, 5.74) is 0.212. The molecular weight excluding hydrogens is 419 g/mol. The highest BCUT2D eigenvalue weighted by molar-refractivity contribution is 5.99. The Morgan fingerprint density at radius 3 is 2.48 bits per heavy atom. The first-order valence-corrected chi connectivity index (χ1v) is 12.0. The van der Waals surface area contributed by atoms with Gasteiger partial charge in [0, 0.05) is 17.0 Å². The fraction of sp³-hybridized carbons (Fsp3) is 0.577. The van der Waals surface area contributed by atoms with Crippen molar-refractivity contribution >= 4 is 11.8 Å². The van der Waals surface area contributed by atoms with E-state index in [1.807, 2.05) is 20.8 Å². The van der Waals surface area contributed by atoms with E-state index >= 15 is 0 Å². The predicted octanol–water partition coefficient (Wildman–Crippen LogP) is 4.57. The van der Waals surface area contributed by atoms with Crippen LogP contribution in [0.5, 0.6) is 0 Å². The lowest BCUT2D eigenvalue weighted by atomic mass is 9.91. The molecule has 178 valence electrons. The monoisotopic (exact) mass is 454 g/mol. The normalized spacial score (nSPS) is 22.1. The zero-order chi connectivity index (χ0) is 23.8. The van der Waals surface area contributed by atoms with Gasteiger partial charge in [-0.2, -0.15) is 5.10 Å². The molecule has 0 saturated heterocycles. The minimum atomic E-state index is -1.18. The molecule has 1 atom stereocenters. The average molecular weight is 455 g/mol. The summed E-state index contributed by atoms with van der Waals surface area (Å²) >= 11 is 0. The predicted molar refractivity (Wildman–Crippen MR) is 125 cm³/mol. The number of amides is 2. The molecule has 0 radical (unpaired) electrons. The van der Waals surface area contributed by atoms with Crippen LogP contribution in [0.2, 0.25) is 0 Å². The Hall–Kier alpha value is -2.70. The molecule has 1 saturated carbocycles. The van der Waals surface area contributed by atoms with E-state index in [1.54, 1.807) is 35.9 Å². The van der Waals surface area contributed by atoms with Crippen LogP contribution in [0.25, 0.3) is 0 Å². The highest BCUT2D eigenvalue weighted by Crippen LogP contribution is 2.32. The summed E-state index contributed by atoms with van der Waals surface area (Å²) in [5, 5.41) is 7.91. The largest absolute Gasteiger partial charge is 0.351 e. The minimum absolute atomic E-state index is 0.0239. The summed E-state index contributed by atoms with van der Waals surface area (Å²) in [7, 11) is 0. The van der Waals surface area contributed by atoms with Gasteiger partial charge in [-0.25, -0.2) is 4.39 Å². The zero-order valence-corrected chi connectivity index (χ0v) is 20.2. The number of rotatable bonds is 4. The van der Waals surface area contributed by atoms with E-state index in [9.17, 15) is 14.0 Å². The number of aromatic nitrogens is 2. The van der Waals surface area contributed by atoms with Crippen molar-refractivity contribution < 1.29 is 14.0 Å². The van der Waals surface area contributed by atoms with Gasteiger partial charge in [-0.1, -0.05) is 64.7 Å². The fourth-order valence-corrected chi connectivity index (χ4v) is 4.82. The van der Waals surface area contributed by atoms with E-state index in [0.717, 1.165) is 31.4 Å². The molecule has 1 aromatic heterocycles. The van der Waals surface area contributed by atoms with Crippen molar-refractivity contribution in [2.24, 2.45) is 0 Å². The van der Waals surface area contributed by atoms with Gasteiger partial charge in [0.15, 0.2) is 0 Å². The molecule has 1 aliphatic heterocycles. The van der Waals surface area contributed by atoms with Gasteiger partial charge in [-0.05, 0) is 31.9 Å². The third-order valence-electron chi connectivity index (χ3n) is 7.03. The summed E-state index contributed by atoms with van der Waals surface area (Å²) in [4.78, 5) is 28.9. The van der Waals surface area contributed by atoms with Gasteiger partial charge in [-0.3, -0.25) is 14.3 Å². The second kappa shape index (κ2) is 8.92. The van der Waals surface area contributed by atoms with Gasteiger partial charge in [0.1, 0.15) is 17.1 Å². The molecular formula is C26H35FN4O2. The van der Waals surface area contributed by atoms with E-state index in [-0.39, 0.29) is 42.2 Å². The summed E-state index contributed by atoms with van der Waals surface area (Å²) in [6, 6.07) is 8.33. The molecule has 4 rings (SSSR count). The quantitative estimate of drug-likeness (QED) is 0.688. The highest BCUT2D eigenvalue weighted by atomic mass is 19.1. The van der Waals surface area contributed by atoms with Crippen molar-refractivity contribution in [2.45, 2.75) is 96.3 Å². The number of nitrogens with one attached hydrogen (secondary N) is 1. The topological polar surface area (TPSA) is 67.2 Å². The molecule has 0 spiro atoms. The third kappa shape index (κ3) is 4.68. The van der Waals surface area contributed by atoms with Gasteiger partial charge in [-0.15, -0.1) is 0 Å². The van der Waals surface area contributed by atoms with E-state index in [4.69, 9.17) is 0 Å². The molecule has 2 heterocycles. The fourth-order valence-electron chi connectivity index (χ4n) is 4.82. The van der Waals surface area contributed by atoms with Crippen molar-refractivity contribution in [3.63, 3.8) is 0 Å². The second-order valence-corrected chi connectivity index (χ2v) is 10.7. The van der Waals surface area contributed by atoms with E-state index in [1.165, 1.54) is 23.8 Å². The molecule has 6 nitrogen and oxygen atoms in total. The Kier molecular flexibility index (Phi) is 6.34. The van der Waals surface area contributed by atoms with E-state index in [2.05, 4.69) is 10.4 Å². The maximum Gasteiger partial charge on any atom is 0.273 e. The summed E-state index contributed by atoms with van der Waals surface area (Å²) in [5.74, 6) is -0.880. The molecule has 2 aliphatic rings. The van der Waals surface area contributed by atoms with Crippen LogP contribution in [-0.2, 0) is 23.3 Å². The number of carbonyl (C=O) groups is 2. The van der Waals surface area contributed by atoms with E-state index in [0.29, 0.717) is 11.3 Å². The van der Waals surface area contributed by atoms with Crippen molar-refractivity contribution in [2.75, 3.05) is 0 Å². The molecule has 33 heavy (non-hydrogen) atoms. The molecule has 1 fully saturated rings. The Balaban J connectivity index is 1.71. The SMILES string of the molecule is CC(C)(C)c1cc2n(n1)C[C@@](C)(C(=O)NC1CCCCCC1)N(Cc1ccccc1F)C2=O. The molecule has 2 aromatic rings.